The van der Waals surface area contributed by atoms with Crippen LogP contribution < -0.4 is 15.6 Å². The van der Waals surface area contributed by atoms with Crippen molar-refractivity contribution in [3.63, 3.8) is 0 Å². The van der Waals surface area contributed by atoms with Crippen LogP contribution in [0.3, 0.4) is 0 Å². The van der Waals surface area contributed by atoms with Crippen LogP contribution in [0.2, 0.25) is 0 Å². The fourth-order valence-corrected chi connectivity index (χ4v) is 4.44. The summed E-state index contributed by atoms with van der Waals surface area (Å²) in [6.07, 6.45) is 2.59. The molecule has 0 bridgehead atoms. The summed E-state index contributed by atoms with van der Waals surface area (Å²) in [5.74, 6) is -0.155. The van der Waals surface area contributed by atoms with Gasteiger partial charge in [-0.2, -0.15) is 0 Å². The highest BCUT2D eigenvalue weighted by atomic mass is 32.2. The Morgan fingerprint density at radius 1 is 1.20 bits per heavy atom. The summed E-state index contributed by atoms with van der Waals surface area (Å²) >= 11 is 0. The Hall–Kier alpha value is -2.09. The Morgan fingerprint density at radius 3 is 2.52 bits per heavy atom. The molecule has 0 saturated carbocycles. The highest BCUT2D eigenvalue weighted by molar-refractivity contribution is 7.91. The van der Waals surface area contributed by atoms with Crippen molar-refractivity contribution in [2.75, 3.05) is 18.1 Å². The second-order valence-corrected chi connectivity index (χ2v) is 8.43. The molecular formula is C17H24N2O5S. The van der Waals surface area contributed by atoms with Crippen molar-refractivity contribution in [2.24, 2.45) is 5.92 Å². The number of unbranched alkanes of at least 4 members (excludes halogenated alkanes) is 1. The molecule has 25 heavy (non-hydrogen) atoms. The SMILES string of the molecule is CCCCOc1ccc(C(=O)NNC(=O)CC2CCS(=O)(=O)C2)cc1. The van der Waals surface area contributed by atoms with Crippen molar-refractivity contribution in [2.45, 2.75) is 32.6 Å². The number of carbonyl (C=O) groups is 2. The maximum atomic E-state index is 12.0. The number of sulfone groups is 1. The monoisotopic (exact) mass is 368 g/mol. The zero-order valence-corrected chi connectivity index (χ0v) is 15.1. The Morgan fingerprint density at radius 2 is 1.92 bits per heavy atom. The summed E-state index contributed by atoms with van der Waals surface area (Å²) in [5, 5.41) is 0. The molecule has 138 valence electrons. The number of hydrogen-bond acceptors (Lipinski definition) is 5. The number of rotatable bonds is 7. The van der Waals surface area contributed by atoms with E-state index in [0.717, 1.165) is 12.8 Å². The van der Waals surface area contributed by atoms with Crippen molar-refractivity contribution < 1.29 is 22.7 Å². The van der Waals surface area contributed by atoms with Crippen LogP contribution in [0.25, 0.3) is 0 Å². The molecule has 1 aliphatic rings. The van der Waals surface area contributed by atoms with Crippen molar-refractivity contribution in [1.82, 2.24) is 10.9 Å². The summed E-state index contributed by atoms with van der Waals surface area (Å²) < 4.78 is 28.3. The normalized spacial score (nSPS) is 18.5. The molecule has 1 fully saturated rings. The van der Waals surface area contributed by atoms with Gasteiger partial charge < -0.3 is 4.74 Å². The Balaban J connectivity index is 1.75. The van der Waals surface area contributed by atoms with Gasteiger partial charge in [-0.15, -0.1) is 0 Å². The molecule has 1 aromatic carbocycles. The number of hydrazine groups is 1. The van der Waals surface area contributed by atoms with Gasteiger partial charge in [-0.3, -0.25) is 20.4 Å². The van der Waals surface area contributed by atoms with Gasteiger partial charge in [-0.05, 0) is 43.0 Å². The van der Waals surface area contributed by atoms with Gasteiger partial charge in [0.2, 0.25) is 5.91 Å². The van der Waals surface area contributed by atoms with E-state index < -0.39 is 21.7 Å². The van der Waals surface area contributed by atoms with E-state index in [1.54, 1.807) is 24.3 Å². The predicted octanol–water partition coefficient (Wildman–Crippen LogP) is 1.45. The smallest absolute Gasteiger partial charge is 0.269 e. The summed E-state index contributed by atoms with van der Waals surface area (Å²) in [6.45, 7) is 2.71. The Bertz CT molecular complexity index is 700. The first kappa shape index (κ1) is 19.2. The summed E-state index contributed by atoms with van der Waals surface area (Å²) in [6, 6.07) is 6.64. The molecule has 1 aromatic rings. The lowest BCUT2D eigenvalue weighted by molar-refractivity contribution is -0.122. The highest BCUT2D eigenvalue weighted by Gasteiger charge is 2.29. The van der Waals surface area contributed by atoms with Crippen LogP contribution in [0.15, 0.2) is 24.3 Å². The van der Waals surface area contributed by atoms with Crippen LogP contribution in [-0.2, 0) is 14.6 Å². The van der Waals surface area contributed by atoms with Crippen LogP contribution in [0.5, 0.6) is 5.75 Å². The summed E-state index contributed by atoms with van der Waals surface area (Å²) in [7, 11) is -3.01. The molecule has 0 aromatic heterocycles. The topological polar surface area (TPSA) is 102 Å². The lowest BCUT2D eigenvalue weighted by Crippen LogP contribution is -2.42. The number of nitrogens with one attached hydrogen (secondary N) is 2. The summed E-state index contributed by atoms with van der Waals surface area (Å²) in [5.41, 5.74) is 5.06. The van der Waals surface area contributed by atoms with E-state index in [9.17, 15) is 18.0 Å². The third-order valence-corrected chi connectivity index (χ3v) is 5.84. The van der Waals surface area contributed by atoms with Gasteiger partial charge in [0.05, 0.1) is 18.1 Å². The molecule has 8 heteroatoms. The van der Waals surface area contributed by atoms with E-state index in [2.05, 4.69) is 17.8 Å². The molecule has 0 aliphatic carbocycles. The minimum Gasteiger partial charge on any atom is -0.494 e. The second kappa shape index (κ2) is 8.84. The average Bonchev–Trinajstić information content (AvgIpc) is 2.92. The number of ether oxygens (including phenoxy) is 1. The average molecular weight is 368 g/mol. The molecule has 1 saturated heterocycles. The third kappa shape index (κ3) is 6.38. The molecular weight excluding hydrogens is 344 g/mol. The zero-order valence-electron chi connectivity index (χ0n) is 14.3. The number of carbonyl (C=O) groups excluding carboxylic acids is 2. The number of benzene rings is 1. The first-order chi connectivity index (χ1) is 11.9. The van der Waals surface area contributed by atoms with Gasteiger partial charge in [0, 0.05) is 12.0 Å². The van der Waals surface area contributed by atoms with Gasteiger partial charge in [0.15, 0.2) is 9.84 Å². The Kier molecular flexibility index (Phi) is 6.81. The van der Waals surface area contributed by atoms with Gasteiger partial charge in [-0.1, -0.05) is 13.3 Å². The van der Waals surface area contributed by atoms with Gasteiger partial charge in [-0.25, -0.2) is 8.42 Å². The second-order valence-electron chi connectivity index (χ2n) is 6.20. The first-order valence-electron chi connectivity index (χ1n) is 8.42. The quantitative estimate of drug-likeness (QED) is 0.560. The molecule has 1 aliphatic heterocycles. The van der Waals surface area contributed by atoms with E-state index in [-0.39, 0.29) is 23.8 Å². The fourth-order valence-electron chi connectivity index (χ4n) is 2.58. The van der Waals surface area contributed by atoms with Gasteiger partial charge in [0.25, 0.3) is 5.91 Å². The summed E-state index contributed by atoms with van der Waals surface area (Å²) in [4.78, 5) is 23.8. The van der Waals surface area contributed by atoms with Crippen LogP contribution in [0.1, 0.15) is 43.0 Å². The molecule has 2 amide bonds. The van der Waals surface area contributed by atoms with Gasteiger partial charge in [0.1, 0.15) is 5.75 Å². The van der Waals surface area contributed by atoms with E-state index in [4.69, 9.17) is 4.74 Å². The maximum absolute atomic E-state index is 12.0. The Labute approximate surface area is 148 Å². The van der Waals surface area contributed by atoms with E-state index in [1.807, 2.05) is 0 Å². The van der Waals surface area contributed by atoms with E-state index in [1.165, 1.54) is 0 Å². The van der Waals surface area contributed by atoms with Crippen molar-refractivity contribution in [3.05, 3.63) is 29.8 Å². The van der Waals surface area contributed by atoms with Gasteiger partial charge >= 0.3 is 0 Å². The van der Waals surface area contributed by atoms with Crippen molar-refractivity contribution >= 4 is 21.7 Å². The van der Waals surface area contributed by atoms with Crippen LogP contribution in [0, 0.1) is 5.92 Å². The molecule has 2 rings (SSSR count). The standard InChI is InChI=1S/C17H24N2O5S/c1-2-3-9-24-15-6-4-14(5-7-15)17(21)19-18-16(20)11-13-8-10-25(22,23)12-13/h4-7,13H,2-3,8-12H2,1H3,(H,18,20)(H,19,21). The minimum atomic E-state index is -3.01. The molecule has 7 nitrogen and oxygen atoms in total. The van der Waals surface area contributed by atoms with Crippen molar-refractivity contribution in [3.8, 4) is 5.75 Å². The maximum Gasteiger partial charge on any atom is 0.269 e. The lowest BCUT2D eigenvalue weighted by Gasteiger charge is -2.10. The lowest BCUT2D eigenvalue weighted by atomic mass is 10.1. The molecule has 0 radical (unpaired) electrons. The van der Waals surface area contributed by atoms with Crippen molar-refractivity contribution in [1.29, 1.82) is 0 Å². The molecule has 1 atom stereocenters. The first-order valence-corrected chi connectivity index (χ1v) is 10.2. The molecule has 1 heterocycles. The molecule has 0 spiro atoms. The highest BCUT2D eigenvalue weighted by Crippen LogP contribution is 2.21. The predicted molar refractivity (Wildman–Crippen MR) is 93.8 cm³/mol. The van der Waals surface area contributed by atoms with Crippen LogP contribution in [0.4, 0.5) is 0 Å². The third-order valence-electron chi connectivity index (χ3n) is 4.00. The largest absolute Gasteiger partial charge is 0.494 e. The van der Waals surface area contributed by atoms with Crippen LogP contribution >= 0.6 is 0 Å². The van der Waals surface area contributed by atoms with E-state index in [0.29, 0.717) is 24.3 Å². The molecule has 1 unspecified atom stereocenters. The van der Waals surface area contributed by atoms with Crippen LogP contribution in [-0.4, -0.2) is 38.3 Å². The number of amides is 2. The van der Waals surface area contributed by atoms with E-state index >= 15 is 0 Å². The zero-order chi connectivity index (χ0) is 18.3. The number of hydrogen-bond donors (Lipinski definition) is 2. The minimum absolute atomic E-state index is 0.0356. The fraction of sp³-hybridized carbons (Fsp3) is 0.529. The molecule has 2 N–H and O–H groups in total.